The molecule has 6 nitrogen and oxygen atoms in total. The molecular weight excluding hydrogens is 382 g/mol. The fourth-order valence-electron chi connectivity index (χ4n) is 3.51. The second-order valence-corrected chi connectivity index (χ2v) is 6.95. The van der Waals surface area contributed by atoms with Crippen molar-refractivity contribution in [3.63, 3.8) is 0 Å². The summed E-state index contributed by atoms with van der Waals surface area (Å²) in [6, 6.07) is 19.5. The number of fused-ring (bicyclic) bond motifs is 1. The van der Waals surface area contributed by atoms with E-state index in [9.17, 15) is 14.7 Å². The maximum Gasteiger partial charge on any atom is 0.335 e. The number of carboxylic acid groups (broad SMARTS) is 1. The van der Waals surface area contributed by atoms with E-state index in [4.69, 9.17) is 9.47 Å². The molecule has 0 saturated heterocycles. The standard InChI is InChI=1S/C24H21NO5/c1-2-17-7-3-4-9-20(17)25(14-16-6-5-8-19(12-16)24(27)28)23(26)18-10-11-21-22(13-18)30-15-29-21/h3-13H,2,14-15H2,1H3,(H,27,28). The summed E-state index contributed by atoms with van der Waals surface area (Å²) >= 11 is 0. The first-order valence-electron chi connectivity index (χ1n) is 9.68. The van der Waals surface area contributed by atoms with Crippen molar-refractivity contribution in [1.29, 1.82) is 0 Å². The Morgan fingerprint density at radius 1 is 0.933 bits per heavy atom. The van der Waals surface area contributed by atoms with Gasteiger partial charge in [0.1, 0.15) is 0 Å². The third-order valence-electron chi connectivity index (χ3n) is 5.04. The minimum Gasteiger partial charge on any atom is -0.478 e. The van der Waals surface area contributed by atoms with Gasteiger partial charge in [-0.3, -0.25) is 4.79 Å². The van der Waals surface area contributed by atoms with Crippen molar-refractivity contribution in [3.8, 4) is 11.5 Å². The fourth-order valence-corrected chi connectivity index (χ4v) is 3.51. The SMILES string of the molecule is CCc1ccccc1N(Cc1cccc(C(=O)O)c1)C(=O)c1ccc2c(c1)OCO2. The molecule has 1 aliphatic rings. The molecule has 3 aromatic carbocycles. The first-order chi connectivity index (χ1) is 14.6. The Hall–Kier alpha value is -3.80. The van der Waals surface area contributed by atoms with Crippen molar-refractivity contribution in [1.82, 2.24) is 0 Å². The second kappa shape index (κ2) is 8.29. The molecule has 0 bridgehead atoms. The van der Waals surface area contributed by atoms with Crippen LogP contribution >= 0.6 is 0 Å². The number of nitrogens with zero attached hydrogens (tertiary/aromatic N) is 1. The normalized spacial score (nSPS) is 11.9. The van der Waals surface area contributed by atoms with E-state index in [0.29, 0.717) is 17.1 Å². The smallest absolute Gasteiger partial charge is 0.335 e. The number of carbonyl (C=O) groups excluding carboxylic acids is 1. The van der Waals surface area contributed by atoms with Crippen molar-refractivity contribution in [2.24, 2.45) is 0 Å². The van der Waals surface area contributed by atoms with Crippen LogP contribution < -0.4 is 14.4 Å². The Bertz CT molecular complexity index is 1110. The first kappa shape index (κ1) is 19.5. The molecule has 0 unspecified atom stereocenters. The summed E-state index contributed by atoms with van der Waals surface area (Å²) in [7, 11) is 0. The number of anilines is 1. The third kappa shape index (κ3) is 3.85. The maximum absolute atomic E-state index is 13.5. The van der Waals surface area contributed by atoms with Crippen molar-refractivity contribution in [2.75, 3.05) is 11.7 Å². The quantitative estimate of drug-likeness (QED) is 0.655. The van der Waals surface area contributed by atoms with Gasteiger partial charge in [0, 0.05) is 11.3 Å². The minimum absolute atomic E-state index is 0.136. The van der Waals surface area contributed by atoms with E-state index in [-0.39, 0.29) is 24.8 Å². The number of ether oxygens (including phenoxy) is 2. The van der Waals surface area contributed by atoms with Gasteiger partial charge in [0.15, 0.2) is 11.5 Å². The van der Waals surface area contributed by atoms with Crippen LogP contribution in [0.1, 0.15) is 38.8 Å². The van der Waals surface area contributed by atoms with Crippen LogP contribution in [0.25, 0.3) is 0 Å². The molecular formula is C24H21NO5. The van der Waals surface area contributed by atoms with Gasteiger partial charge < -0.3 is 19.5 Å². The molecule has 3 aromatic rings. The van der Waals surface area contributed by atoms with E-state index in [1.54, 1.807) is 35.2 Å². The number of carboxylic acids is 1. The molecule has 0 spiro atoms. The number of benzene rings is 3. The van der Waals surface area contributed by atoms with Crippen LogP contribution in [0, 0.1) is 0 Å². The Labute approximate surface area is 174 Å². The lowest BCUT2D eigenvalue weighted by atomic mass is 10.1. The van der Waals surface area contributed by atoms with Crippen LogP contribution in [-0.2, 0) is 13.0 Å². The van der Waals surface area contributed by atoms with E-state index in [2.05, 4.69) is 0 Å². The molecule has 0 saturated carbocycles. The molecule has 0 atom stereocenters. The van der Waals surface area contributed by atoms with Gasteiger partial charge in [0.05, 0.1) is 12.1 Å². The summed E-state index contributed by atoms with van der Waals surface area (Å²) in [5, 5.41) is 9.31. The van der Waals surface area contributed by atoms with E-state index >= 15 is 0 Å². The zero-order valence-corrected chi connectivity index (χ0v) is 16.5. The second-order valence-electron chi connectivity index (χ2n) is 6.95. The van der Waals surface area contributed by atoms with Gasteiger partial charge in [-0.2, -0.15) is 0 Å². The Morgan fingerprint density at radius 2 is 1.73 bits per heavy atom. The van der Waals surface area contributed by atoms with Crippen molar-refractivity contribution in [2.45, 2.75) is 19.9 Å². The predicted molar refractivity (Wildman–Crippen MR) is 112 cm³/mol. The van der Waals surface area contributed by atoms with Crippen LogP contribution in [-0.4, -0.2) is 23.8 Å². The highest BCUT2D eigenvalue weighted by atomic mass is 16.7. The lowest BCUT2D eigenvalue weighted by Crippen LogP contribution is -2.31. The van der Waals surface area contributed by atoms with Crippen LogP contribution in [0.2, 0.25) is 0 Å². The highest BCUT2D eigenvalue weighted by molar-refractivity contribution is 6.06. The van der Waals surface area contributed by atoms with Gasteiger partial charge in [0.25, 0.3) is 5.91 Å². The summed E-state index contributed by atoms with van der Waals surface area (Å²) in [6.07, 6.45) is 0.760. The molecule has 0 aliphatic carbocycles. The topological polar surface area (TPSA) is 76.1 Å². The number of amides is 1. The molecule has 6 heteroatoms. The molecule has 1 aliphatic heterocycles. The Balaban J connectivity index is 1.74. The Morgan fingerprint density at radius 3 is 2.53 bits per heavy atom. The Kier molecular flexibility index (Phi) is 5.39. The highest BCUT2D eigenvalue weighted by Gasteiger charge is 2.23. The molecule has 1 N–H and O–H groups in total. The lowest BCUT2D eigenvalue weighted by Gasteiger charge is -2.26. The van der Waals surface area contributed by atoms with Crippen molar-refractivity contribution >= 4 is 17.6 Å². The molecule has 1 amide bonds. The molecule has 0 radical (unpaired) electrons. The third-order valence-corrected chi connectivity index (χ3v) is 5.04. The number of para-hydroxylation sites is 1. The van der Waals surface area contributed by atoms with Crippen molar-refractivity contribution < 1.29 is 24.2 Å². The summed E-state index contributed by atoms with van der Waals surface area (Å²) in [6.45, 7) is 2.41. The van der Waals surface area contributed by atoms with Gasteiger partial charge in [-0.1, -0.05) is 37.3 Å². The van der Waals surface area contributed by atoms with E-state index in [1.165, 1.54) is 6.07 Å². The monoisotopic (exact) mass is 403 g/mol. The van der Waals surface area contributed by atoms with Gasteiger partial charge in [-0.15, -0.1) is 0 Å². The molecule has 152 valence electrons. The summed E-state index contributed by atoms with van der Waals surface area (Å²) < 4.78 is 10.8. The summed E-state index contributed by atoms with van der Waals surface area (Å²) in [5.41, 5.74) is 3.21. The first-order valence-corrected chi connectivity index (χ1v) is 9.68. The van der Waals surface area contributed by atoms with Gasteiger partial charge >= 0.3 is 5.97 Å². The highest BCUT2D eigenvalue weighted by Crippen LogP contribution is 2.34. The van der Waals surface area contributed by atoms with Crippen LogP contribution in [0.4, 0.5) is 5.69 Å². The van der Waals surface area contributed by atoms with Crippen molar-refractivity contribution in [3.05, 3.63) is 89.0 Å². The fraction of sp³-hybridized carbons (Fsp3) is 0.167. The van der Waals surface area contributed by atoms with Gasteiger partial charge in [0.2, 0.25) is 6.79 Å². The molecule has 0 aromatic heterocycles. The number of hydrogen-bond acceptors (Lipinski definition) is 4. The van der Waals surface area contributed by atoms with E-state index in [0.717, 1.165) is 23.2 Å². The van der Waals surface area contributed by atoms with Crippen LogP contribution in [0.5, 0.6) is 11.5 Å². The number of aromatic carboxylic acids is 1. The number of aryl methyl sites for hydroxylation is 1. The van der Waals surface area contributed by atoms with Gasteiger partial charge in [-0.25, -0.2) is 4.79 Å². The van der Waals surface area contributed by atoms with Crippen LogP contribution in [0.3, 0.4) is 0 Å². The zero-order chi connectivity index (χ0) is 21.1. The predicted octanol–water partition coefficient (Wildman–Crippen LogP) is 4.52. The van der Waals surface area contributed by atoms with Crippen LogP contribution in [0.15, 0.2) is 66.7 Å². The number of hydrogen-bond donors (Lipinski definition) is 1. The van der Waals surface area contributed by atoms with E-state index < -0.39 is 5.97 Å². The molecule has 0 fully saturated rings. The number of carbonyl (C=O) groups is 2. The molecule has 30 heavy (non-hydrogen) atoms. The number of rotatable bonds is 6. The summed E-state index contributed by atoms with van der Waals surface area (Å²) in [4.78, 5) is 26.6. The summed E-state index contributed by atoms with van der Waals surface area (Å²) in [5.74, 6) is -0.0481. The van der Waals surface area contributed by atoms with Gasteiger partial charge in [-0.05, 0) is 53.9 Å². The molecule has 4 rings (SSSR count). The average Bonchev–Trinajstić information content (AvgIpc) is 3.25. The maximum atomic E-state index is 13.5. The molecule has 1 heterocycles. The minimum atomic E-state index is -1.00. The lowest BCUT2D eigenvalue weighted by molar-refractivity contribution is 0.0696. The van der Waals surface area contributed by atoms with E-state index in [1.807, 2.05) is 37.3 Å². The average molecular weight is 403 g/mol. The largest absolute Gasteiger partial charge is 0.478 e. The zero-order valence-electron chi connectivity index (χ0n) is 16.5.